The zero-order valence-electron chi connectivity index (χ0n) is 28.0. The Morgan fingerprint density at radius 2 is 0.980 bits per heavy atom. The second-order valence-corrected chi connectivity index (χ2v) is 13.6. The van der Waals surface area contributed by atoms with Gasteiger partial charge in [0.2, 0.25) is 0 Å². The summed E-state index contributed by atoms with van der Waals surface area (Å²) < 4.78 is 0. The highest BCUT2D eigenvalue weighted by atomic mass is 14.3. The van der Waals surface area contributed by atoms with Crippen LogP contribution >= 0.6 is 0 Å². The van der Waals surface area contributed by atoms with Gasteiger partial charge in [0.25, 0.3) is 0 Å². The summed E-state index contributed by atoms with van der Waals surface area (Å²) in [7, 11) is 0. The van der Waals surface area contributed by atoms with Crippen LogP contribution in [-0.2, 0) is 0 Å². The fourth-order valence-electron chi connectivity index (χ4n) is 8.58. The van der Waals surface area contributed by atoms with E-state index in [4.69, 9.17) is 0 Å². The molecule has 0 atom stereocenters. The van der Waals surface area contributed by atoms with Crippen molar-refractivity contribution in [1.82, 2.24) is 0 Å². The Morgan fingerprint density at radius 1 is 0.400 bits per heavy atom. The summed E-state index contributed by atoms with van der Waals surface area (Å²) in [4.78, 5) is 0. The number of fused-ring (bicyclic) bond motifs is 5. The summed E-state index contributed by atoms with van der Waals surface area (Å²) in [6, 6.07) is 54.1. The molecule has 0 radical (unpaired) electrons. The van der Waals surface area contributed by atoms with Gasteiger partial charge in [0, 0.05) is 0 Å². The highest BCUT2D eigenvalue weighted by Gasteiger charge is 2.31. The molecule has 2 aliphatic carbocycles. The highest BCUT2D eigenvalue weighted by Crippen LogP contribution is 2.58. The van der Waals surface area contributed by atoms with Crippen LogP contribution in [0.5, 0.6) is 0 Å². The average molecular weight is 635 g/mol. The zero-order valence-corrected chi connectivity index (χ0v) is 28.0. The summed E-state index contributed by atoms with van der Waals surface area (Å²) in [5.41, 5.74) is 16.8. The normalized spacial score (nSPS) is 13.2. The Morgan fingerprint density at radius 3 is 1.78 bits per heavy atom. The van der Waals surface area contributed by atoms with Crippen molar-refractivity contribution in [2.45, 2.75) is 13.3 Å². The standard InChI is InChI=1S/C50H34/c1-32-15-13-20-35(31-32)36-27-28-39(38-22-10-9-21-37(36)38)40-29-30-45-48-41(40)25-14-26-44(48)49-46(33-16-5-2-3-6-17-33)42-23-11-12-24-43(42)47(50(45)49)34-18-7-4-8-19-34/h2,4-31H,3H2,1H3. The fourth-order valence-corrected chi connectivity index (χ4v) is 8.58. The molecule has 0 bridgehead atoms. The zero-order chi connectivity index (χ0) is 33.2. The number of rotatable bonds is 4. The molecular weight excluding hydrogens is 601 g/mol. The van der Waals surface area contributed by atoms with Crippen molar-refractivity contribution >= 4 is 37.9 Å². The molecule has 2 aliphatic rings. The lowest BCUT2D eigenvalue weighted by molar-refractivity contribution is 1.41. The summed E-state index contributed by atoms with van der Waals surface area (Å²) in [6.45, 7) is 2.17. The van der Waals surface area contributed by atoms with Crippen LogP contribution in [0, 0.1) is 6.92 Å². The summed E-state index contributed by atoms with van der Waals surface area (Å²) in [5, 5.41) is 7.77. The lowest BCUT2D eigenvalue weighted by atomic mass is 9.82. The van der Waals surface area contributed by atoms with E-state index in [1.165, 1.54) is 105 Å². The maximum Gasteiger partial charge on any atom is -0.000741 e. The second kappa shape index (κ2) is 11.4. The van der Waals surface area contributed by atoms with Crippen molar-refractivity contribution in [2.24, 2.45) is 0 Å². The van der Waals surface area contributed by atoms with Crippen LogP contribution in [0.25, 0.3) is 93.5 Å². The first-order valence-corrected chi connectivity index (χ1v) is 17.6. The van der Waals surface area contributed by atoms with Crippen molar-refractivity contribution in [2.75, 3.05) is 0 Å². The summed E-state index contributed by atoms with van der Waals surface area (Å²) in [5.74, 6) is 0. The minimum Gasteiger partial charge on any atom is -0.0807 e. The van der Waals surface area contributed by atoms with Crippen molar-refractivity contribution < 1.29 is 0 Å². The van der Waals surface area contributed by atoms with Gasteiger partial charge in [0.1, 0.15) is 0 Å². The third-order valence-corrected chi connectivity index (χ3v) is 10.7. The largest absolute Gasteiger partial charge is 0.0807 e. The van der Waals surface area contributed by atoms with E-state index in [0.29, 0.717) is 0 Å². The van der Waals surface area contributed by atoms with Gasteiger partial charge in [-0.2, -0.15) is 0 Å². The highest BCUT2D eigenvalue weighted by molar-refractivity contribution is 6.28. The maximum absolute atomic E-state index is 2.40. The molecule has 0 fully saturated rings. The molecule has 0 spiro atoms. The first kappa shape index (κ1) is 28.7. The smallest absolute Gasteiger partial charge is 0.000741 e. The van der Waals surface area contributed by atoms with E-state index in [1.54, 1.807) is 0 Å². The Bertz CT molecular complexity index is 2770. The Balaban J connectivity index is 1.30. The first-order chi connectivity index (χ1) is 24.8. The molecule has 0 saturated carbocycles. The summed E-state index contributed by atoms with van der Waals surface area (Å²) >= 11 is 0. The van der Waals surface area contributed by atoms with Gasteiger partial charge < -0.3 is 0 Å². The van der Waals surface area contributed by atoms with E-state index < -0.39 is 0 Å². The molecule has 0 nitrogen and oxygen atoms in total. The maximum atomic E-state index is 2.40. The van der Waals surface area contributed by atoms with Crippen LogP contribution in [0.4, 0.5) is 0 Å². The SMILES string of the molecule is Cc1cccc(-c2ccc(-c3ccc4c5c(cccc35)-c3c-4c(-c4ccccc4)c4ccccc4c3C3=CC=CCC=C3)c3ccccc23)c1. The fraction of sp³-hybridized carbons (Fsp3) is 0.0400. The van der Waals surface area contributed by atoms with Crippen molar-refractivity contribution in [3.05, 3.63) is 187 Å². The monoisotopic (exact) mass is 634 g/mol. The molecule has 10 rings (SSSR count). The van der Waals surface area contributed by atoms with E-state index in [9.17, 15) is 0 Å². The van der Waals surface area contributed by atoms with Crippen molar-refractivity contribution in [3.63, 3.8) is 0 Å². The third-order valence-electron chi connectivity index (χ3n) is 10.7. The molecule has 0 aromatic heterocycles. The van der Waals surface area contributed by atoms with Crippen molar-refractivity contribution in [3.8, 4) is 55.6 Å². The van der Waals surface area contributed by atoms with Gasteiger partial charge in [-0.05, 0) is 112 Å². The van der Waals surface area contributed by atoms with Crippen LogP contribution in [0.1, 0.15) is 17.5 Å². The van der Waals surface area contributed by atoms with Crippen molar-refractivity contribution in [1.29, 1.82) is 0 Å². The molecule has 234 valence electrons. The Labute approximate surface area is 293 Å². The van der Waals surface area contributed by atoms with E-state index in [2.05, 4.69) is 183 Å². The van der Waals surface area contributed by atoms with Gasteiger partial charge in [0.05, 0.1) is 0 Å². The molecular formula is C50H34. The first-order valence-electron chi connectivity index (χ1n) is 17.6. The number of aryl methyl sites for hydroxylation is 1. The van der Waals surface area contributed by atoms with E-state index in [1.807, 2.05) is 0 Å². The van der Waals surface area contributed by atoms with E-state index in [-0.39, 0.29) is 0 Å². The predicted octanol–water partition coefficient (Wildman–Crippen LogP) is 14.0. The predicted molar refractivity (Wildman–Crippen MR) is 215 cm³/mol. The van der Waals surface area contributed by atoms with E-state index >= 15 is 0 Å². The molecule has 0 aliphatic heterocycles. The minimum atomic E-state index is 0.942. The topological polar surface area (TPSA) is 0 Å². The molecule has 0 amide bonds. The molecule has 8 aromatic carbocycles. The van der Waals surface area contributed by atoms with Gasteiger partial charge in [-0.3, -0.25) is 0 Å². The molecule has 0 heterocycles. The minimum absolute atomic E-state index is 0.942. The summed E-state index contributed by atoms with van der Waals surface area (Å²) in [6.07, 6.45) is 12.3. The quantitative estimate of drug-likeness (QED) is 0.181. The third kappa shape index (κ3) is 4.32. The van der Waals surface area contributed by atoms with Gasteiger partial charge in [-0.15, -0.1) is 0 Å². The van der Waals surface area contributed by atoms with Gasteiger partial charge >= 0.3 is 0 Å². The van der Waals surface area contributed by atoms with Crippen LogP contribution in [0.3, 0.4) is 0 Å². The molecule has 0 heteroatoms. The average Bonchev–Trinajstić information content (AvgIpc) is 3.29. The molecule has 0 saturated heterocycles. The molecule has 8 aromatic rings. The molecule has 0 unspecified atom stereocenters. The second-order valence-electron chi connectivity index (χ2n) is 13.6. The lowest BCUT2D eigenvalue weighted by Crippen LogP contribution is -1.95. The molecule has 50 heavy (non-hydrogen) atoms. The van der Waals surface area contributed by atoms with E-state index in [0.717, 1.165) is 6.42 Å². The van der Waals surface area contributed by atoms with Crippen LogP contribution in [0.2, 0.25) is 0 Å². The van der Waals surface area contributed by atoms with Crippen LogP contribution in [0.15, 0.2) is 176 Å². The number of hydrogen-bond donors (Lipinski definition) is 0. The Hall–Kier alpha value is -6.24. The molecule has 0 N–H and O–H groups in total. The van der Waals surface area contributed by atoms with Gasteiger partial charge in [-0.1, -0.05) is 182 Å². The number of benzene rings is 8. The Kier molecular flexibility index (Phi) is 6.57. The number of hydrogen-bond acceptors (Lipinski definition) is 0. The van der Waals surface area contributed by atoms with Crippen LogP contribution in [-0.4, -0.2) is 0 Å². The van der Waals surface area contributed by atoms with Gasteiger partial charge in [0.15, 0.2) is 0 Å². The lowest BCUT2D eigenvalue weighted by Gasteiger charge is -2.20. The van der Waals surface area contributed by atoms with Crippen LogP contribution < -0.4 is 0 Å². The van der Waals surface area contributed by atoms with Gasteiger partial charge in [-0.25, -0.2) is 0 Å². The number of allylic oxidation sites excluding steroid dienone is 6.